The first kappa shape index (κ1) is 9.18. The average Bonchev–Trinajstić information content (AvgIpc) is 2.19. The van der Waals surface area contributed by atoms with Crippen molar-refractivity contribution in [2.24, 2.45) is 5.11 Å². The minimum absolute atomic E-state index is 0.492. The molecule has 0 bridgehead atoms. The zero-order chi connectivity index (χ0) is 9.52. The molecule has 0 amide bonds. The molecule has 0 heterocycles. The first-order valence-corrected chi connectivity index (χ1v) is 3.93. The van der Waals surface area contributed by atoms with Crippen molar-refractivity contribution in [3.8, 4) is 12.3 Å². The summed E-state index contributed by atoms with van der Waals surface area (Å²) >= 11 is 0. The summed E-state index contributed by atoms with van der Waals surface area (Å²) in [6.45, 7) is 0.492. The maximum absolute atomic E-state index is 8.06. The van der Waals surface area contributed by atoms with Crippen molar-refractivity contribution in [2.75, 3.05) is 6.54 Å². The molecule has 3 nitrogen and oxygen atoms in total. The van der Waals surface area contributed by atoms with Crippen LogP contribution in [0.25, 0.3) is 10.4 Å². The molecule has 0 aliphatic heterocycles. The van der Waals surface area contributed by atoms with Gasteiger partial charge in [-0.25, -0.2) is 0 Å². The van der Waals surface area contributed by atoms with Crippen molar-refractivity contribution in [1.82, 2.24) is 0 Å². The number of hydrogen-bond donors (Lipinski definition) is 0. The standard InChI is InChI=1S/C10H9N3/c1-2-9-3-5-10(6-4-9)7-8-12-13-11/h1,3-6H,7-8H2. The number of terminal acetylenes is 1. The van der Waals surface area contributed by atoms with Gasteiger partial charge >= 0.3 is 0 Å². The second-order valence-corrected chi connectivity index (χ2v) is 2.55. The molecule has 0 N–H and O–H groups in total. The van der Waals surface area contributed by atoms with E-state index >= 15 is 0 Å². The van der Waals surface area contributed by atoms with Crippen LogP contribution in [-0.2, 0) is 6.42 Å². The molecule has 0 aromatic heterocycles. The number of rotatable bonds is 3. The van der Waals surface area contributed by atoms with Gasteiger partial charge in [0.1, 0.15) is 0 Å². The molecule has 64 valence electrons. The average molecular weight is 171 g/mol. The Balaban J connectivity index is 2.60. The number of benzene rings is 1. The van der Waals surface area contributed by atoms with E-state index in [1.54, 1.807) is 0 Å². The Morgan fingerprint density at radius 1 is 1.38 bits per heavy atom. The van der Waals surface area contributed by atoms with E-state index < -0.39 is 0 Å². The molecular formula is C10H9N3. The molecule has 0 saturated heterocycles. The van der Waals surface area contributed by atoms with Crippen molar-refractivity contribution in [2.45, 2.75) is 6.42 Å². The fraction of sp³-hybridized carbons (Fsp3) is 0.200. The van der Waals surface area contributed by atoms with E-state index in [0.717, 1.165) is 17.5 Å². The normalized spacial score (nSPS) is 8.54. The summed E-state index contributed by atoms with van der Waals surface area (Å²) in [5.41, 5.74) is 10.1. The molecule has 1 aromatic rings. The maximum Gasteiger partial charge on any atom is 0.0298 e. The lowest BCUT2D eigenvalue weighted by molar-refractivity contribution is 0.956. The molecule has 3 heteroatoms. The molecule has 0 aliphatic rings. The number of nitrogens with zero attached hydrogens (tertiary/aromatic N) is 3. The van der Waals surface area contributed by atoms with E-state index in [4.69, 9.17) is 12.0 Å². The van der Waals surface area contributed by atoms with Crippen LogP contribution < -0.4 is 0 Å². The van der Waals surface area contributed by atoms with Crippen molar-refractivity contribution in [3.63, 3.8) is 0 Å². The van der Waals surface area contributed by atoms with Crippen LogP contribution in [0.2, 0.25) is 0 Å². The van der Waals surface area contributed by atoms with Gasteiger partial charge in [0.2, 0.25) is 0 Å². The third-order valence-corrected chi connectivity index (χ3v) is 1.68. The second kappa shape index (κ2) is 4.87. The van der Waals surface area contributed by atoms with E-state index in [-0.39, 0.29) is 0 Å². The Morgan fingerprint density at radius 3 is 2.62 bits per heavy atom. The lowest BCUT2D eigenvalue weighted by Gasteiger charge is -1.96. The van der Waals surface area contributed by atoms with Gasteiger partial charge in [0.05, 0.1) is 0 Å². The minimum atomic E-state index is 0.492. The van der Waals surface area contributed by atoms with Gasteiger partial charge in [-0.3, -0.25) is 0 Å². The Labute approximate surface area is 77.0 Å². The van der Waals surface area contributed by atoms with Gasteiger partial charge in [-0.05, 0) is 29.6 Å². The van der Waals surface area contributed by atoms with Gasteiger partial charge in [-0.1, -0.05) is 23.2 Å². The van der Waals surface area contributed by atoms with Crippen LogP contribution in [-0.4, -0.2) is 6.54 Å². The Kier molecular flexibility index (Phi) is 3.44. The third kappa shape index (κ3) is 2.90. The second-order valence-electron chi connectivity index (χ2n) is 2.55. The number of azide groups is 1. The molecule has 13 heavy (non-hydrogen) atoms. The van der Waals surface area contributed by atoms with Crippen LogP contribution in [0.4, 0.5) is 0 Å². The fourth-order valence-electron chi connectivity index (χ4n) is 0.991. The van der Waals surface area contributed by atoms with E-state index in [0.29, 0.717) is 6.54 Å². The lowest BCUT2D eigenvalue weighted by Crippen LogP contribution is -1.87. The van der Waals surface area contributed by atoms with Crippen LogP contribution in [0, 0.1) is 12.3 Å². The zero-order valence-corrected chi connectivity index (χ0v) is 7.14. The van der Waals surface area contributed by atoms with Crippen LogP contribution >= 0.6 is 0 Å². The maximum atomic E-state index is 8.06. The Hall–Kier alpha value is -1.91. The monoisotopic (exact) mass is 171 g/mol. The van der Waals surface area contributed by atoms with Gasteiger partial charge in [-0.15, -0.1) is 6.42 Å². The zero-order valence-electron chi connectivity index (χ0n) is 7.14. The van der Waals surface area contributed by atoms with Gasteiger partial charge < -0.3 is 0 Å². The molecule has 1 rings (SSSR count). The summed E-state index contributed by atoms with van der Waals surface area (Å²) in [5.74, 6) is 2.54. The minimum Gasteiger partial charge on any atom is -0.115 e. The summed E-state index contributed by atoms with van der Waals surface area (Å²) in [6.07, 6.45) is 5.96. The Bertz CT molecular complexity index is 353. The van der Waals surface area contributed by atoms with Gasteiger partial charge in [-0.2, -0.15) is 0 Å². The molecule has 0 fully saturated rings. The molecule has 1 aromatic carbocycles. The SMILES string of the molecule is C#Cc1ccc(CCN=[N+]=[N-])cc1. The molecule has 0 aliphatic carbocycles. The molecule has 0 saturated carbocycles. The van der Waals surface area contributed by atoms with Gasteiger partial charge in [0, 0.05) is 17.0 Å². The summed E-state index contributed by atoms with van der Waals surface area (Å²) in [4.78, 5) is 2.68. The summed E-state index contributed by atoms with van der Waals surface area (Å²) < 4.78 is 0. The molecule has 0 spiro atoms. The van der Waals surface area contributed by atoms with Crippen molar-refractivity contribution < 1.29 is 0 Å². The van der Waals surface area contributed by atoms with E-state index in [1.165, 1.54) is 0 Å². The summed E-state index contributed by atoms with van der Waals surface area (Å²) in [6, 6.07) is 7.65. The smallest absolute Gasteiger partial charge is 0.0298 e. The van der Waals surface area contributed by atoms with E-state index in [2.05, 4.69) is 15.9 Å². The van der Waals surface area contributed by atoms with Crippen LogP contribution in [0.3, 0.4) is 0 Å². The highest BCUT2D eigenvalue weighted by atomic mass is 15.1. The third-order valence-electron chi connectivity index (χ3n) is 1.68. The predicted molar refractivity (Wildman–Crippen MR) is 52.1 cm³/mol. The van der Waals surface area contributed by atoms with Gasteiger partial charge in [0.25, 0.3) is 0 Å². The first-order chi connectivity index (χ1) is 6.36. The van der Waals surface area contributed by atoms with Crippen LogP contribution in [0.15, 0.2) is 29.4 Å². The van der Waals surface area contributed by atoms with Crippen molar-refractivity contribution in [1.29, 1.82) is 0 Å². The molecule has 0 atom stereocenters. The van der Waals surface area contributed by atoms with Crippen molar-refractivity contribution in [3.05, 3.63) is 45.8 Å². The predicted octanol–water partition coefficient (Wildman–Crippen LogP) is 2.52. The summed E-state index contributed by atoms with van der Waals surface area (Å²) in [5, 5.41) is 3.45. The quantitative estimate of drug-likeness (QED) is 0.290. The van der Waals surface area contributed by atoms with Crippen LogP contribution in [0.5, 0.6) is 0 Å². The number of hydrogen-bond acceptors (Lipinski definition) is 1. The largest absolute Gasteiger partial charge is 0.115 e. The molecule has 0 radical (unpaired) electrons. The van der Waals surface area contributed by atoms with Crippen LogP contribution in [0.1, 0.15) is 11.1 Å². The molecular weight excluding hydrogens is 162 g/mol. The molecule has 0 unspecified atom stereocenters. The lowest BCUT2D eigenvalue weighted by atomic mass is 10.1. The topological polar surface area (TPSA) is 48.8 Å². The fourth-order valence-corrected chi connectivity index (χ4v) is 0.991. The highest BCUT2D eigenvalue weighted by Gasteiger charge is 1.91. The van der Waals surface area contributed by atoms with E-state index in [9.17, 15) is 0 Å². The highest BCUT2D eigenvalue weighted by molar-refractivity contribution is 5.34. The van der Waals surface area contributed by atoms with Gasteiger partial charge in [0.15, 0.2) is 0 Å². The highest BCUT2D eigenvalue weighted by Crippen LogP contribution is 2.03. The van der Waals surface area contributed by atoms with Crippen molar-refractivity contribution >= 4 is 0 Å². The first-order valence-electron chi connectivity index (χ1n) is 3.93. The Morgan fingerprint density at radius 2 is 2.08 bits per heavy atom. The summed E-state index contributed by atoms with van der Waals surface area (Å²) in [7, 11) is 0. The van der Waals surface area contributed by atoms with E-state index in [1.807, 2.05) is 24.3 Å².